The maximum Gasteiger partial charge on any atom is 0.233 e. The molecule has 0 N–H and O–H groups in total. The van der Waals surface area contributed by atoms with Crippen LogP contribution in [0, 0.1) is 0 Å². The molecule has 1 aliphatic heterocycles. The molecule has 0 aliphatic carbocycles. The number of carbonyl (C=O) groups is 1. The van der Waals surface area contributed by atoms with Gasteiger partial charge in [-0.15, -0.1) is 0 Å². The Bertz CT molecular complexity index is 1150. The summed E-state index contributed by atoms with van der Waals surface area (Å²) in [6.45, 7) is 4.34. The summed E-state index contributed by atoms with van der Waals surface area (Å²) in [5.41, 5.74) is 2.77. The maximum atomic E-state index is 12.7. The summed E-state index contributed by atoms with van der Waals surface area (Å²) in [6.07, 6.45) is 0. The van der Waals surface area contributed by atoms with E-state index < -0.39 is 10.0 Å². The Hall–Kier alpha value is -2.36. The molecule has 164 valence electrons. The van der Waals surface area contributed by atoms with Crippen molar-refractivity contribution in [3.8, 4) is 0 Å². The van der Waals surface area contributed by atoms with Crippen LogP contribution in [0.3, 0.4) is 0 Å². The molecule has 4 rings (SSSR count). The third-order valence-electron chi connectivity index (χ3n) is 5.44. The van der Waals surface area contributed by atoms with Gasteiger partial charge in [0.2, 0.25) is 15.9 Å². The second-order valence-electron chi connectivity index (χ2n) is 7.44. The number of aryl methyl sites for hydroxylation is 1. The summed E-state index contributed by atoms with van der Waals surface area (Å²) < 4.78 is 29.0. The number of benzene rings is 2. The molecular formula is C22H26N4O3S2. The Balaban J connectivity index is 1.33. The number of aromatic nitrogens is 2. The van der Waals surface area contributed by atoms with E-state index in [4.69, 9.17) is 0 Å². The first-order valence-corrected chi connectivity index (χ1v) is 12.9. The zero-order chi connectivity index (χ0) is 21.8. The minimum Gasteiger partial charge on any atom is -0.339 e. The van der Waals surface area contributed by atoms with Crippen molar-refractivity contribution >= 4 is 38.7 Å². The van der Waals surface area contributed by atoms with Crippen LogP contribution < -0.4 is 0 Å². The van der Waals surface area contributed by atoms with E-state index in [1.165, 1.54) is 16.1 Å². The van der Waals surface area contributed by atoms with Gasteiger partial charge in [-0.05, 0) is 24.6 Å². The standard InChI is InChI=1S/C22H26N4O3S2/c1-2-26-20-11-7-6-10-19(20)23-22(26)30-16-21(27)24-12-14-25(15-13-24)31(28,29)17-18-8-4-3-5-9-18/h3-11H,2,12-17H2,1H3. The SMILES string of the molecule is CCn1c(SCC(=O)N2CCN(S(=O)(=O)Cc3ccccc3)CC2)nc2ccccc21. The van der Waals surface area contributed by atoms with E-state index in [2.05, 4.69) is 16.5 Å². The van der Waals surface area contributed by atoms with Crippen LogP contribution in [0.1, 0.15) is 12.5 Å². The van der Waals surface area contributed by atoms with Gasteiger partial charge < -0.3 is 9.47 Å². The van der Waals surface area contributed by atoms with Gasteiger partial charge in [0.15, 0.2) is 5.16 Å². The van der Waals surface area contributed by atoms with Crippen molar-refractivity contribution in [2.24, 2.45) is 0 Å². The van der Waals surface area contributed by atoms with Crippen LogP contribution >= 0.6 is 11.8 Å². The summed E-state index contributed by atoms with van der Waals surface area (Å²) in [6, 6.07) is 17.1. The van der Waals surface area contributed by atoms with Crippen LogP contribution in [-0.4, -0.2) is 65.0 Å². The van der Waals surface area contributed by atoms with E-state index in [0.717, 1.165) is 28.3 Å². The average Bonchev–Trinajstić information content (AvgIpc) is 3.15. The molecule has 3 aromatic rings. The lowest BCUT2D eigenvalue weighted by molar-refractivity contribution is -0.129. The largest absolute Gasteiger partial charge is 0.339 e. The third kappa shape index (κ3) is 4.94. The molecule has 9 heteroatoms. The number of rotatable bonds is 7. The predicted molar refractivity (Wildman–Crippen MR) is 123 cm³/mol. The normalized spacial score (nSPS) is 15.5. The quantitative estimate of drug-likeness (QED) is 0.509. The number of hydrogen-bond acceptors (Lipinski definition) is 5. The van der Waals surface area contributed by atoms with Gasteiger partial charge in [0.25, 0.3) is 0 Å². The van der Waals surface area contributed by atoms with Crippen molar-refractivity contribution in [1.29, 1.82) is 0 Å². The summed E-state index contributed by atoms with van der Waals surface area (Å²) in [5, 5.41) is 0.834. The van der Waals surface area contributed by atoms with Crippen LogP contribution in [0.5, 0.6) is 0 Å². The lowest BCUT2D eigenvalue weighted by Crippen LogP contribution is -2.51. The number of para-hydroxylation sites is 2. The van der Waals surface area contributed by atoms with Crippen molar-refractivity contribution in [3.05, 3.63) is 60.2 Å². The van der Waals surface area contributed by atoms with Gasteiger partial charge in [0.1, 0.15) is 0 Å². The van der Waals surface area contributed by atoms with Gasteiger partial charge in [0.05, 0.1) is 22.5 Å². The topological polar surface area (TPSA) is 75.5 Å². The second kappa shape index (κ2) is 9.42. The molecule has 1 amide bonds. The fourth-order valence-corrected chi connectivity index (χ4v) is 6.28. The Morgan fingerprint density at radius 3 is 2.39 bits per heavy atom. The Morgan fingerprint density at radius 1 is 1.00 bits per heavy atom. The Morgan fingerprint density at radius 2 is 1.68 bits per heavy atom. The first kappa shape index (κ1) is 21.9. The molecule has 0 atom stereocenters. The maximum absolute atomic E-state index is 12.7. The minimum atomic E-state index is -3.39. The van der Waals surface area contributed by atoms with Gasteiger partial charge in [-0.2, -0.15) is 4.31 Å². The molecule has 1 aliphatic rings. The number of piperazine rings is 1. The fraction of sp³-hybridized carbons (Fsp3) is 0.364. The highest BCUT2D eigenvalue weighted by molar-refractivity contribution is 7.99. The van der Waals surface area contributed by atoms with Gasteiger partial charge in [-0.3, -0.25) is 4.79 Å². The second-order valence-corrected chi connectivity index (χ2v) is 10.3. The van der Waals surface area contributed by atoms with Crippen molar-refractivity contribution in [2.45, 2.75) is 24.4 Å². The number of carbonyl (C=O) groups excluding carboxylic acids is 1. The summed E-state index contributed by atoms with van der Waals surface area (Å²) >= 11 is 1.44. The van der Waals surface area contributed by atoms with Crippen LogP contribution in [0.4, 0.5) is 0 Å². The molecule has 0 spiro atoms. The third-order valence-corrected chi connectivity index (χ3v) is 8.25. The lowest BCUT2D eigenvalue weighted by Gasteiger charge is -2.34. The van der Waals surface area contributed by atoms with E-state index in [9.17, 15) is 13.2 Å². The van der Waals surface area contributed by atoms with E-state index in [1.807, 2.05) is 54.6 Å². The van der Waals surface area contributed by atoms with Crippen molar-refractivity contribution in [3.63, 3.8) is 0 Å². The zero-order valence-corrected chi connectivity index (χ0v) is 19.1. The molecule has 1 aromatic heterocycles. The zero-order valence-electron chi connectivity index (χ0n) is 17.5. The molecule has 0 radical (unpaired) electrons. The summed E-state index contributed by atoms with van der Waals surface area (Å²) in [5.74, 6) is 0.296. The number of nitrogens with zero attached hydrogens (tertiary/aromatic N) is 4. The van der Waals surface area contributed by atoms with Gasteiger partial charge in [-0.25, -0.2) is 13.4 Å². The molecule has 7 nitrogen and oxygen atoms in total. The molecule has 0 bridgehead atoms. The first-order chi connectivity index (χ1) is 15.0. The van der Waals surface area contributed by atoms with Gasteiger partial charge in [0, 0.05) is 32.7 Å². The van der Waals surface area contributed by atoms with E-state index in [0.29, 0.717) is 31.9 Å². The molecule has 0 unspecified atom stereocenters. The monoisotopic (exact) mass is 458 g/mol. The highest BCUT2D eigenvalue weighted by Gasteiger charge is 2.29. The average molecular weight is 459 g/mol. The molecular weight excluding hydrogens is 432 g/mol. The smallest absolute Gasteiger partial charge is 0.233 e. The predicted octanol–water partition coefficient (Wildman–Crippen LogP) is 2.82. The fourth-order valence-electron chi connectivity index (χ4n) is 3.78. The molecule has 2 heterocycles. The Kier molecular flexibility index (Phi) is 6.64. The highest BCUT2D eigenvalue weighted by Crippen LogP contribution is 2.24. The summed E-state index contributed by atoms with van der Waals surface area (Å²) in [4.78, 5) is 19.1. The lowest BCUT2D eigenvalue weighted by atomic mass is 10.2. The number of sulfonamides is 1. The van der Waals surface area contributed by atoms with Crippen molar-refractivity contribution < 1.29 is 13.2 Å². The van der Waals surface area contributed by atoms with Crippen LogP contribution in [0.15, 0.2) is 59.8 Å². The van der Waals surface area contributed by atoms with E-state index in [-0.39, 0.29) is 11.7 Å². The van der Waals surface area contributed by atoms with Crippen LogP contribution in [-0.2, 0) is 27.1 Å². The van der Waals surface area contributed by atoms with E-state index in [1.54, 1.807) is 4.90 Å². The first-order valence-electron chi connectivity index (χ1n) is 10.4. The number of amides is 1. The van der Waals surface area contributed by atoms with Gasteiger partial charge >= 0.3 is 0 Å². The molecule has 1 fully saturated rings. The molecule has 31 heavy (non-hydrogen) atoms. The summed E-state index contributed by atoms with van der Waals surface area (Å²) in [7, 11) is -3.39. The Labute approximate surface area is 187 Å². The van der Waals surface area contributed by atoms with E-state index >= 15 is 0 Å². The molecule has 1 saturated heterocycles. The van der Waals surface area contributed by atoms with Gasteiger partial charge in [-0.1, -0.05) is 54.2 Å². The van der Waals surface area contributed by atoms with Crippen LogP contribution in [0.2, 0.25) is 0 Å². The highest BCUT2D eigenvalue weighted by atomic mass is 32.2. The van der Waals surface area contributed by atoms with Crippen LogP contribution in [0.25, 0.3) is 11.0 Å². The number of thioether (sulfide) groups is 1. The molecule has 0 saturated carbocycles. The minimum absolute atomic E-state index is 0.00905. The van der Waals surface area contributed by atoms with Crippen molar-refractivity contribution in [1.82, 2.24) is 18.8 Å². The number of imidazole rings is 1. The number of hydrogen-bond donors (Lipinski definition) is 0. The molecule has 2 aromatic carbocycles. The van der Waals surface area contributed by atoms with Crippen molar-refractivity contribution in [2.75, 3.05) is 31.9 Å². The number of fused-ring (bicyclic) bond motifs is 1.